The molecule has 1 aromatic carbocycles. The summed E-state index contributed by atoms with van der Waals surface area (Å²) in [6.45, 7) is 3.42. The van der Waals surface area contributed by atoms with Gasteiger partial charge in [0.05, 0.1) is 0 Å². The van der Waals surface area contributed by atoms with Crippen LogP contribution in [0.2, 0.25) is 0 Å². The molecule has 4 heteroatoms. The van der Waals surface area contributed by atoms with Crippen molar-refractivity contribution in [1.82, 2.24) is 4.90 Å². The van der Waals surface area contributed by atoms with Gasteiger partial charge in [0, 0.05) is 18.7 Å². The van der Waals surface area contributed by atoms with Gasteiger partial charge in [0.2, 0.25) is 0 Å². The number of aldehydes is 1. The fraction of sp³-hybridized carbons (Fsp3) is 0.429. The molecule has 2 rings (SSSR count). The van der Waals surface area contributed by atoms with E-state index in [9.17, 15) is 9.59 Å². The summed E-state index contributed by atoms with van der Waals surface area (Å²) in [5, 5.41) is 0. The van der Waals surface area contributed by atoms with Gasteiger partial charge in [-0.25, -0.2) is 0 Å². The van der Waals surface area contributed by atoms with E-state index >= 15 is 0 Å². The lowest BCUT2D eigenvalue weighted by Crippen LogP contribution is -2.38. The summed E-state index contributed by atoms with van der Waals surface area (Å²) in [5.41, 5.74) is 0.598. The van der Waals surface area contributed by atoms with E-state index in [1.54, 1.807) is 31.2 Å². The summed E-state index contributed by atoms with van der Waals surface area (Å²) in [4.78, 5) is 24.4. The number of rotatable bonds is 4. The Morgan fingerprint density at radius 3 is 2.44 bits per heavy atom. The van der Waals surface area contributed by atoms with E-state index in [4.69, 9.17) is 4.74 Å². The van der Waals surface area contributed by atoms with E-state index < -0.39 is 6.10 Å². The van der Waals surface area contributed by atoms with Gasteiger partial charge in [0.1, 0.15) is 12.0 Å². The zero-order valence-electron chi connectivity index (χ0n) is 10.5. The van der Waals surface area contributed by atoms with Gasteiger partial charge in [0.25, 0.3) is 5.91 Å². The van der Waals surface area contributed by atoms with Crippen molar-refractivity contribution in [2.24, 2.45) is 0 Å². The Morgan fingerprint density at radius 1 is 1.28 bits per heavy atom. The molecule has 0 radical (unpaired) electrons. The molecule has 18 heavy (non-hydrogen) atoms. The second-order valence-corrected chi connectivity index (χ2v) is 4.48. The highest BCUT2D eigenvalue weighted by Crippen LogP contribution is 2.15. The maximum atomic E-state index is 12.0. The van der Waals surface area contributed by atoms with Crippen molar-refractivity contribution in [2.75, 3.05) is 13.1 Å². The molecule has 0 spiro atoms. The maximum Gasteiger partial charge on any atom is 0.263 e. The largest absolute Gasteiger partial charge is 0.481 e. The molecule has 1 fully saturated rings. The summed E-state index contributed by atoms with van der Waals surface area (Å²) in [6.07, 6.45) is 2.45. The van der Waals surface area contributed by atoms with Gasteiger partial charge in [-0.05, 0) is 44.0 Å². The number of benzene rings is 1. The fourth-order valence-corrected chi connectivity index (χ4v) is 2.07. The summed E-state index contributed by atoms with van der Waals surface area (Å²) in [7, 11) is 0. The van der Waals surface area contributed by atoms with Gasteiger partial charge in [0.15, 0.2) is 6.10 Å². The maximum absolute atomic E-state index is 12.0. The first-order chi connectivity index (χ1) is 8.70. The van der Waals surface area contributed by atoms with Crippen LogP contribution in [0.4, 0.5) is 0 Å². The Labute approximate surface area is 107 Å². The minimum Gasteiger partial charge on any atom is -0.481 e. The molecule has 0 aromatic heterocycles. The Balaban J connectivity index is 1.94. The Kier molecular flexibility index (Phi) is 3.97. The third-order valence-corrected chi connectivity index (χ3v) is 3.09. The highest BCUT2D eigenvalue weighted by molar-refractivity contribution is 5.81. The predicted molar refractivity (Wildman–Crippen MR) is 67.7 cm³/mol. The van der Waals surface area contributed by atoms with Crippen molar-refractivity contribution < 1.29 is 14.3 Å². The summed E-state index contributed by atoms with van der Waals surface area (Å²) in [5.74, 6) is 0.646. The highest BCUT2D eigenvalue weighted by Gasteiger charge is 2.24. The Hall–Kier alpha value is -1.84. The second kappa shape index (κ2) is 5.67. The molecule has 1 aliphatic rings. The lowest BCUT2D eigenvalue weighted by molar-refractivity contribution is -0.136. The third-order valence-electron chi connectivity index (χ3n) is 3.09. The van der Waals surface area contributed by atoms with Crippen LogP contribution in [0.1, 0.15) is 30.1 Å². The average molecular weight is 247 g/mol. The van der Waals surface area contributed by atoms with E-state index in [2.05, 4.69) is 0 Å². The van der Waals surface area contributed by atoms with Crippen molar-refractivity contribution in [3.8, 4) is 5.75 Å². The number of nitrogens with zero attached hydrogens (tertiary/aromatic N) is 1. The summed E-state index contributed by atoms with van der Waals surface area (Å²) in [6, 6.07) is 6.76. The van der Waals surface area contributed by atoms with Crippen LogP contribution in [-0.4, -0.2) is 36.3 Å². The third kappa shape index (κ3) is 2.88. The van der Waals surface area contributed by atoms with E-state index in [0.717, 1.165) is 32.2 Å². The average Bonchev–Trinajstić information content (AvgIpc) is 2.92. The summed E-state index contributed by atoms with van der Waals surface area (Å²) >= 11 is 0. The molecule has 1 amide bonds. The van der Waals surface area contributed by atoms with E-state index in [1.807, 2.05) is 4.90 Å². The number of hydrogen-bond acceptors (Lipinski definition) is 3. The van der Waals surface area contributed by atoms with E-state index in [-0.39, 0.29) is 5.91 Å². The molecule has 0 aliphatic carbocycles. The van der Waals surface area contributed by atoms with Crippen LogP contribution >= 0.6 is 0 Å². The van der Waals surface area contributed by atoms with Crippen molar-refractivity contribution in [3.63, 3.8) is 0 Å². The van der Waals surface area contributed by atoms with Crippen LogP contribution in [0.25, 0.3) is 0 Å². The number of hydrogen-bond donors (Lipinski definition) is 0. The highest BCUT2D eigenvalue weighted by atomic mass is 16.5. The number of likely N-dealkylation sites (tertiary alicyclic amines) is 1. The van der Waals surface area contributed by atoms with Crippen LogP contribution in [0, 0.1) is 0 Å². The number of carbonyl (C=O) groups is 2. The van der Waals surface area contributed by atoms with Gasteiger partial charge in [-0.2, -0.15) is 0 Å². The molecular weight excluding hydrogens is 230 g/mol. The first-order valence-corrected chi connectivity index (χ1v) is 6.21. The molecule has 1 atom stereocenters. The first-order valence-electron chi connectivity index (χ1n) is 6.21. The lowest BCUT2D eigenvalue weighted by Gasteiger charge is -2.21. The van der Waals surface area contributed by atoms with Crippen LogP contribution in [-0.2, 0) is 4.79 Å². The van der Waals surface area contributed by atoms with Gasteiger partial charge >= 0.3 is 0 Å². The molecule has 96 valence electrons. The quantitative estimate of drug-likeness (QED) is 0.763. The van der Waals surface area contributed by atoms with Crippen LogP contribution in [0.3, 0.4) is 0 Å². The number of carbonyl (C=O) groups excluding carboxylic acids is 2. The molecule has 1 heterocycles. The van der Waals surface area contributed by atoms with Gasteiger partial charge in [-0.3, -0.25) is 9.59 Å². The normalized spacial score (nSPS) is 16.4. The molecule has 0 saturated carbocycles. The molecule has 1 unspecified atom stereocenters. The Bertz CT molecular complexity index is 421. The molecule has 1 aliphatic heterocycles. The number of ether oxygens (including phenoxy) is 1. The van der Waals surface area contributed by atoms with Crippen LogP contribution in [0.5, 0.6) is 5.75 Å². The zero-order chi connectivity index (χ0) is 13.0. The molecule has 1 saturated heterocycles. The molecule has 0 bridgehead atoms. The topological polar surface area (TPSA) is 46.6 Å². The second-order valence-electron chi connectivity index (χ2n) is 4.48. The fourth-order valence-electron chi connectivity index (χ4n) is 2.07. The number of amides is 1. The zero-order valence-corrected chi connectivity index (χ0v) is 10.5. The van der Waals surface area contributed by atoms with Crippen molar-refractivity contribution >= 4 is 12.2 Å². The lowest BCUT2D eigenvalue weighted by atomic mass is 10.2. The Morgan fingerprint density at radius 2 is 1.89 bits per heavy atom. The van der Waals surface area contributed by atoms with E-state index in [0.29, 0.717) is 11.3 Å². The molecule has 0 N–H and O–H groups in total. The van der Waals surface area contributed by atoms with Crippen molar-refractivity contribution in [3.05, 3.63) is 29.8 Å². The van der Waals surface area contributed by atoms with Crippen molar-refractivity contribution in [2.45, 2.75) is 25.9 Å². The standard InChI is InChI=1S/C14H17NO3/c1-11(14(17)15-8-2-3-9-15)18-13-6-4-12(10-16)5-7-13/h4-7,10-11H,2-3,8-9H2,1H3. The monoisotopic (exact) mass is 247 g/mol. The smallest absolute Gasteiger partial charge is 0.263 e. The van der Waals surface area contributed by atoms with Crippen molar-refractivity contribution in [1.29, 1.82) is 0 Å². The van der Waals surface area contributed by atoms with Crippen LogP contribution in [0.15, 0.2) is 24.3 Å². The van der Waals surface area contributed by atoms with E-state index in [1.165, 1.54) is 0 Å². The first kappa shape index (κ1) is 12.6. The van der Waals surface area contributed by atoms with Crippen LogP contribution < -0.4 is 4.74 Å². The SMILES string of the molecule is CC(Oc1ccc(C=O)cc1)C(=O)N1CCCC1. The molecule has 4 nitrogen and oxygen atoms in total. The molecular formula is C14H17NO3. The van der Waals surface area contributed by atoms with Gasteiger partial charge < -0.3 is 9.64 Å². The molecule has 1 aromatic rings. The minimum absolute atomic E-state index is 0.0342. The van der Waals surface area contributed by atoms with Gasteiger partial charge in [-0.1, -0.05) is 0 Å². The van der Waals surface area contributed by atoms with Gasteiger partial charge in [-0.15, -0.1) is 0 Å². The summed E-state index contributed by atoms with van der Waals surface area (Å²) < 4.78 is 5.58. The predicted octanol–water partition coefficient (Wildman–Crippen LogP) is 1.89. The minimum atomic E-state index is -0.481.